The fourth-order valence-corrected chi connectivity index (χ4v) is 5.77. The zero-order chi connectivity index (χ0) is 23.2. The van der Waals surface area contributed by atoms with Crippen LogP contribution in [0.5, 0.6) is 5.75 Å². The smallest absolute Gasteiger partial charge is 0.381 e. The van der Waals surface area contributed by atoms with Crippen LogP contribution in [0.25, 0.3) is 0 Å². The Kier molecular flexibility index (Phi) is 8.90. The van der Waals surface area contributed by atoms with Gasteiger partial charge in [-0.3, -0.25) is 0 Å². The van der Waals surface area contributed by atoms with E-state index in [-0.39, 0.29) is 5.75 Å². The fourth-order valence-electron chi connectivity index (χ4n) is 5.32. The lowest BCUT2D eigenvalue weighted by Crippen LogP contribution is -2.28. The first-order valence-electron chi connectivity index (χ1n) is 11.9. The van der Waals surface area contributed by atoms with Crippen LogP contribution in [0.2, 0.25) is 0 Å². The van der Waals surface area contributed by atoms with E-state index in [1.807, 2.05) is 0 Å². The Bertz CT molecular complexity index is 792. The minimum atomic E-state index is -5.62. The predicted octanol–water partition coefficient (Wildman–Crippen LogP) is 6.50. The Morgan fingerprint density at radius 3 is 1.91 bits per heavy atom. The molecule has 0 bridgehead atoms. The average molecular weight is 477 g/mol. The summed E-state index contributed by atoms with van der Waals surface area (Å²) in [7, 11) is -5.62. The molecule has 8 heteroatoms. The highest BCUT2D eigenvalue weighted by Crippen LogP contribution is 2.42. The summed E-state index contributed by atoms with van der Waals surface area (Å²) in [5.41, 5.74) is -4.44. The maximum absolute atomic E-state index is 12.4. The van der Waals surface area contributed by atoms with Gasteiger partial charge in [0, 0.05) is 13.2 Å². The molecule has 4 nitrogen and oxygen atoms in total. The molecule has 0 amide bonds. The van der Waals surface area contributed by atoms with Crippen molar-refractivity contribution in [1.29, 1.82) is 0 Å². The third kappa shape index (κ3) is 7.11. The molecule has 3 rings (SSSR count). The lowest BCUT2D eigenvalue weighted by molar-refractivity contribution is -0.0500. The van der Waals surface area contributed by atoms with Crippen LogP contribution in [0, 0.1) is 23.7 Å². The standard InChI is InChI=1S/C24H35F3O4S/c1-2-30-17-20-7-13-22(14-8-20)21-11-5-18(6-12-21)3-4-19-9-15-23(16-10-19)31-32(28,29)24(25,26)27/h9-10,15-16,18,20-22H,2-8,11-14,17H2,1H3. The van der Waals surface area contributed by atoms with Crippen LogP contribution in [-0.4, -0.2) is 27.1 Å². The molecule has 0 aromatic heterocycles. The van der Waals surface area contributed by atoms with Crippen molar-refractivity contribution in [2.45, 2.75) is 76.6 Å². The van der Waals surface area contributed by atoms with Crippen LogP contribution < -0.4 is 4.18 Å². The monoisotopic (exact) mass is 476 g/mol. The fraction of sp³-hybridized carbons (Fsp3) is 0.750. The predicted molar refractivity (Wildman–Crippen MR) is 118 cm³/mol. The first-order valence-corrected chi connectivity index (χ1v) is 13.3. The summed E-state index contributed by atoms with van der Waals surface area (Å²) in [6.07, 6.45) is 12.3. The molecule has 1 aromatic rings. The van der Waals surface area contributed by atoms with Crippen LogP contribution in [0.15, 0.2) is 24.3 Å². The van der Waals surface area contributed by atoms with Gasteiger partial charge in [0.25, 0.3) is 0 Å². The zero-order valence-corrected chi connectivity index (χ0v) is 19.6. The van der Waals surface area contributed by atoms with E-state index in [0.29, 0.717) is 5.92 Å². The number of hydrogen-bond donors (Lipinski definition) is 0. The van der Waals surface area contributed by atoms with Gasteiger partial charge in [-0.2, -0.15) is 21.6 Å². The van der Waals surface area contributed by atoms with Crippen molar-refractivity contribution in [3.8, 4) is 5.75 Å². The molecule has 2 aliphatic carbocycles. The molecule has 0 aliphatic heterocycles. The van der Waals surface area contributed by atoms with Crippen LogP contribution >= 0.6 is 0 Å². The molecule has 1 aromatic carbocycles. The number of halogens is 3. The Balaban J connectivity index is 1.37. The second-order valence-corrected chi connectivity index (χ2v) is 10.9. The molecule has 182 valence electrons. The summed E-state index contributed by atoms with van der Waals surface area (Å²) in [5, 5.41) is 0. The first-order chi connectivity index (χ1) is 15.2. The van der Waals surface area contributed by atoms with E-state index in [4.69, 9.17) is 4.74 Å². The summed E-state index contributed by atoms with van der Waals surface area (Å²) in [4.78, 5) is 0. The minimum Gasteiger partial charge on any atom is -0.381 e. The van der Waals surface area contributed by atoms with Crippen LogP contribution in [0.3, 0.4) is 0 Å². The zero-order valence-electron chi connectivity index (χ0n) is 18.8. The maximum Gasteiger partial charge on any atom is 0.534 e. The van der Waals surface area contributed by atoms with Crippen LogP contribution in [0.1, 0.15) is 70.3 Å². The van der Waals surface area contributed by atoms with Crippen molar-refractivity contribution in [2.24, 2.45) is 23.7 Å². The van der Waals surface area contributed by atoms with Gasteiger partial charge in [-0.15, -0.1) is 0 Å². The van der Waals surface area contributed by atoms with E-state index in [1.165, 1.54) is 63.5 Å². The SMILES string of the molecule is CCOCC1CCC(C2CCC(CCc3ccc(OS(=O)(=O)C(F)(F)F)cc3)CC2)CC1. The van der Waals surface area contributed by atoms with Crippen LogP contribution in [0.4, 0.5) is 13.2 Å². The molecule has 0 spiro atoms. The number of rotatable bonds is 9. The van der Waals surface area contributed by atoms with Crippen molar-refractivity contribution in [3.63, 3.8) is 0 Å². The molecule has 0 saturated heterocycles. The van der Waals surface area contributed by atoms with Gasteiger partial charge in [-0.1, -0.05) is 25.0 Å². The van der Waals surface area contributed by atoms with Crippen molar-refractivity contribution < 1.29 is 30.5 Å². The second-order valence-electron chi connectivity index (χ2n) is 9.39. The molecule has 32 heavy (non-hydrogen) atoms. The third-order valence-electron chi connectivity index (χ3n) is 7.26. The molecule has 2 saturated carbocycles. The highest BCUT2D eigenvalue weighted by Gasteiger charge is 2.48. The normalized spacial score (nSPS) is 27.2. The lowest BCUT2D eigenvalue weighted by Gasteiger charge is -2.38. The lowest BCUT2D eigenvalue weighted by atomic mass is 9.69. The highest BCUT2D eigenvalue weighted by molar-refractivity contribution is 7.88. The Labute approximate surface area is 190 Å². The molecule has 0 radical (unpaired) electrons. The topological polar surface area (TPSA) is 52.6 Å². The number of alkyl halides is 3. The van der Waals surface area contributed by atoms with Crippen molar-refractivity contribution >= 4 is 10.1 Å². The van der Waals surface area contributed by atoms with E-state index >= 15 is 0 Å². The first kappa shape index (κ1) is 25.3. The van der Waals surface area contributed by atoms with Gasteiger partial charge >= 0.3 is 15.6 Å². The summed E-state index contributed by atoms with van der Waals surface area (Å²) in [5.74, 6) is 2.83. The quantitative estimate of drug-likeness (QED) is 0.302. The number of ether oxygens (including phenoxy) is 1. The number of benzene rings is 1. The Morgan fingerprint density at radius 1 is 0.875 bits per heavy atom. The molecule has 0 atom stereocenters. The Morgan fingerprint density at radius 2 is 1.41 bits per heavy atom. The summed E-state index contributed by atoms with van der Waals surface area (Å²) in [6, 6.07) is 5.87. The van der Waals surface area contributed by atoms with Crippen molar-refractivity contribution in [1.82, 2.24) is 0 Å². The summed E-state index contributed by atoms with van der Waals surface area (Å²) >= 11 is 0. The molecule has 0 heterocycles. The highest BCUT2D eigenvalue weighted by atomic mass is 32.2. The maximum atomic E-state index is 12.4. The molecule has 0 unspecified atom stereocenters. The number of aryl methyl sites for hydroxylation is 1. The van der Waals surface area contributed by atoms with Gasteiger partial charge in [-0.25, -0.2) is 0 Å². The van der Waals surface area contributed by atoms with E-state index in [1.54, 1.807) is 12.1 Å². The van der Waals surface area contributed by atoms with Gasteiger partial charge in [0.1, 0.15) is 5.75 Å². The number of hydrogen-bond acceptors (Lipinski definition) is 4. The van der Waals surface area contributed by atoms with E-state index < -0.39 is 15.6 Å². The van der Waals surface area contributed by atoms with Crippen molar-refractivity contribution in [2.75, 3.05) is 13.2 Å². The van der Waals surface area contributed by atoms with Gasteiger partial charge < -0.3 is 8.92 Å². The third-order valence-corrected chi connectivity index (χ3v) is 8.24. The average Bonchev–Trinajstić information content (AvgIpc) is 2.77. The van der Waals surface area contributed by atoms with E-state index in [2.05, 4.69) is 11.1 Å². The van der Waals surface area contributed by atoms with E-state index in [0.717, 1.165) is 49.4 Å². The Hall–Kier alpha value is -1.28. The minimum absolute atomic E-state index is 0.317. The largest absolute Gasteiger partial charge is 0.534 e. The molecule has 2 fully saturated rings. The second kappa shape index (κ2) is 11.2. The van der Waals surface area contributed by atoms with Crippen LogP contribution in [-0.2, 0) is 21.3 Å². The molecule has 2 aliphatic rings. The van der Waals surface area contributed by atoms with Crippen molar-refractivity contribution in [3.05, 3.63) is 29.8 Å². The summed E-state index contributed by atoms with van der Waals surface area (Å²) in [6.45, 7) is 3.78. The van der Waals surface area contributed by atoms with Gasteiger partial charge in [0.15, 0.2) is 0 Å². The van der Waals surface area contributed by atoms with E-state index in [9.17, 15) is 21.6 Å². The molecular formula is C24H35F3O4S. The molecular weight excluding hydrogens is 441 g/mol. The van der Waals surface area contributed by atoms with Gasteiger partial charge in [0.2, 0.25) is 0 Å². The van der Waals surface area contributed by atoms with Gasteiger partial charge in [-0.05, 0) is 99.7 Å². The molecule has 0 N–H and O–H groups in total. The van der Waals surface area contributed by atoms with Gasteiger partial charge in [0.05, 0.1) is 0 Å². The summed E-state index contributed by atoms with van der Waals surface area (Å²) < 4.78 is 69.2.